The van der Waals surface area contributed by atoms with Crippen LogP contribution >= 0.6 is 0 Å². The zero-order chi connectivity index (χ0) is 20.8. The largest absolute Gasteiger partial charge is 0.369 e. The van der Waals surface area contributed by atoms with E-state index in [2.05, 4.69) is 72.1 Å². The Hall–Kier alpha value is -2.37. The molecule has 1 aliphatic heterocycles. The highest BCUT2D eigenvalue weighted by molar-refractivity contribution is 6.04. The number of carbonyl (C=O) groups is 1. The number of benzene rings is 2. The predicted molar refractivity (Wildman–Crippen MR) is 122 cm³/mol. The van der Waals surface area contributed by atoms with Crippen LogP contribution in [-0.2, 0) is 6.54 Å². The minimum absolute atomic E-state index is 0.0603. The van der Waals surface area contributed by atoms with E-state index in [0.717, 1.165) is 57.1 Å². The zero-order valence-electron chi connectivity index (χ0n) is 18.2. The van der Waals surface area contributed by atoms with Crippen molar-refractivity contribution < 1.29 is 4.79 Å². The summed E-state index contributed by atoms with van der Waals surface area (Å²) in [5.74, 6) is -0.0603. The molecule has 1 aliphatic rings. The van der Waals surface area contributed by atoms with Crippen LogP contribution < -0.4 is 10.2 Å². The van der Waals surface area contributed by atoms with Crippen LogP contribution in [0.1, 0.15) is 35.3 Å². The van der Waals surface area contributed by atoms with Crippen LogP contribution in [0.5, 0.6) is 0 Å². The van der Waals surface area contributed by atoms with Gasteiger partial charge in [0.15, 0.2) is 0 Å². The lowest BCUT2D eigenvalue weighted by Crippen LogP contribution is -2.44. The molecule has 156 valence electrons. The Morgan fingerprint density at radius 2 is 1.66 bits per heavy atom. The van der Waals surface area contributed by atoms with Crippen LogP contribution in [0.15, 0.2) is 42.5 Å². The monoisotopic (exact) mass is 394 g/mol. The molecule has 1 heterocycles. The van der Waals surface area contributed by atoms with E-state index in [1.807, 2.05) is 18.2 Å². The molecule has 0 atom stereocenters. The number of rotatable bonds is 7. The third-order valence-corrected chi connectivity index (χ3v) is 5.84. The van der Waals surface area contributed by atoms with Crippen LogP contribution in [0.4, 0.5) is 11.4 Å². The van der Waals surface area contributed by atoms with Crippen molar-refractivity contribution in [1.29, 1.82) is 0 Å². The van der Waals surface area contributed by atoms with E-state index < -0.39 is 0 Å². The number of hydrogen-bond acceptors (Lipinski definition) is 4. The molecule has 1 amide bonds. The molecule has 0 unspecified atom stereocenters. The third kappa shape index (κ3) is 5.58. The number of anilines is 2. The van der Waals surface area contributed by atoms with Gasteiger partial charge in [0.05, 0.1) is 0 Å². The van der Waals surface area contributed by atoms with Crippen LogP contribution in [0.3, 0.4) is 0 Å². The molecule has 2 aromatic rings. The van der Waals surface area contributed by atoms with Gasteiger partial charge in [0.25, 0.3) is 5.91 Å². The van der Waals surface area contributed by atoms with E-state index in [9.17, 15) is 4.79 Å². The number of likely N-dealkylation sites (N-methyl/N-ethyl adjacent to an activating group) is 1. The number of aryl methyl sites for hydroxylation is 1. The number of nitrogens with one attached hydrogen (secondary N) is 1. The van der Waals surface area contributed by atoms with Crippen LogP contribution in [0.2, 0.25) is 0 Å². The maximum Gasteiger partial charge on any atom is 0.255 e. The highest BCUT2D eigenvalue weighted by Gasteiger charge is 2.15. The van der Waals surface area contributed by atoms with Gasteiger partial charge < -0.3 is 15.1 Å². The van der Waals surface area contributed by atoms with Gasteiger partial charge in [0, 0.05) is 49.7 Å². The van der Waals surface area contributed by atoms with E-state index in [1.54, 1.807) is 0 Å². The lowest BCUT2D eigenvalue weighted by molar-refractivity contribution is 0.102. The second-order valence-electron chi connectivity index (χ2n) is 7.90. The molecule has 0 aliphatic carbocycles. The van der Waals surface area contributed by atoms with Crippen molar-refractivity contribution in [2.24, 2.45) is 0 Å². The molecule has 1 saturated heterocycles. The van der Waals surface area contributed by atoms with E-state index in [0.29, 0.717) is 5.56 Å². The van der Waals surface area contributed by atoms with Crippen molar-refractivity contribution in [1.82, 2.24) is 9.80 Å². The minimum Gasteiger partial charge on any atom is -0.369 e. The van der Waals surface area contributed by atoms with Crippen LogP contribution in [-0.4, -0.2) is 62.0 Å². The molecule has 1 fully saturated rings. The minimum atomic E-state index is -0.0603. The smallest absolute Gasteiger partial charge is 0.255 e. The fraction of sp³-hybridized carbons (Fsp3) is 0.458. The Morgan fingerprint density at radius 3 is 2.24 bits per heavy atom. The van der Waals surface area contributed by atoms with E-state index in [-0.39, 0.29) is 5.91 Å². The van der Waals surface area contributed by atoms with Crippen molar-refractivity contribution in [2.45, 2.75) is 27.3 Å². The molecule has 0 radical (unpaired) electrons. The summed E-state index contributed by atoms with van der Waals surface area (Å²) in [6.07, 6.45) is 0. The quantitative estimate of drug-likeness (QED) is 0.774. The Labute approximate surface area is 175 Å². The van der Waals surface area contributed by atoms with Crippen LogP contribution in [0.25, 0.3) is 0 Å². The SMILES string of the molecule is CCN(CC)Cc1ccc(C(=O)Nc2ccc(N3CCN(C)CC3)cc2C)cc1. The van der Waals surface area contributed by atoms with E-state index in [4.69, 9.17) is 0 Å². The van der Waals surface area contributed by atoms with Crippen molar-refractivity contribution in [3.63, 3.8) is 0 Å². The first-order chi connectivity index (χ1) is 14.0. The number of hydrogen-bond donors (Lipinski definition) is 1. The van der Waals surface area contributed by atoms with Crippen molar-refractivity contribution in [2.75, 3.05) is 56.5 Å². The number of carbonyl (C=O) groups excluding carboxylic acids is 1. The van der Waals surface area contributed by atoms with Gasteiger partial charge in [-0.15, -0.1) is 0 Å². The average molecular weight is 395 g/mol. The molecule has 5 heteroatoms. The molecule has 0 spiro atoms. The molecule has 3 rings (SSSR count). The molecule has 2 aromatic carbocycles. The summed E-state index contributed by atoms with van der Waals surface area (Å²) in [7, 11) is 2.16. The van der Waals surface area contributed by atoms with Crippen LogP contribution in [0, 0.1) is 6.92 Å². The average Bonchev–Trinajstić information content (AvgIpc) is 2.74. The molecule has 5 nitrogen and oxygen atoms in total. The Kier molecular flexibility index (Phi) is 7.29. The summed E-state index contributed by atoms with van der Waals surface area (Å²) in [5.41, 5.74) is 5.12. The number of nitrogens with zero attached hydrogens (tertiary/aromatic N) is 3. The zero-order valence-corrected chi connectivity index (χ0v) is 18.2. The Balaban J connectivity index is 1.63. The number of amides is 1. The molecular formula is C24H34N4O. The second-order valence-corrected chi connectivity index (χ2v) is 7.90. The van der Waals surface area contributed by atoms with Gasteiger partial charge in [-0.05, 0) is 68.5 Å². The van der Waals surface area contributed by atoms with Gasteiger partial charge in [-0.25, -0.2) is 0 Å². The van der Waals surface area contributed by atoms with Gasteiger partial charge in [-0.3, -0.25) is 9.69 Å². The first kappa shape index (κ1) is 21.3. The maximum atomic E-state index is 12.7. The normalized spacial score (nSPS) is 15.0. The summed E-state index contributed by atoms with van der Waals surface area (Å²) in [4.78, 5) is 19.8. The van der Waals surface area contributed by atoms with Crippen molar-refractivity contribution in [3.8, 4) is 0 Å². The standard InChI is InChI=1S/C24H34N4O/c1-5-27(6-2)18-20-7-9-21(10-8-20)24(29)25-23-12-11-22(17-19(23)3)28-15-13-26(4)14-16-28/h7-12,17H,5-6,13-16,18H2,1-4H3,(H,25,29). The van der Waals surface area contributed by atoms with Gasteiger partial charge in [-0.1, -0.05) is 26.0 Å². The topological polar surface area (TPSA) is 38.8 Å². The highest BCUT2D eigenvalue weighted by Crippen LogP contribution is 2.24. The molecule has 0 bridgehead atoms. The van der Waals surface area contributed by atoms with Gasteiger partial charge in [0.2, 0.25) is 0 Å². The fourth-order valence-corrected chi connectivity index (χ4v) is 3.71. The van der Waals surface area contributed by atoms with Crippen molar-refractivity contribution in [3.05, 3.63) is 59.2 Å². The molecule has 1 N–H and O–H groups in total. The summed E-state index contributed by atoms with van der Waals surface area (Å²) in [5, 5.41) is 3.07. The Morgan fingerprint density at radius 1 is 1.00 bits per heavy atom. The molecule has 0 saturated carbocycles. The third-order valence-electron chi connectivity index (χ3n) is 5.84. The molecule has 29 heavy (non-hydrogen) atoms. The summed E-state index contributed by atoms with van der Waals surface area (Å²) < 4.78 is 0. The summed E-state index contributed by atoms with van der Waals surface area (Å²) >= 11 is 0. The summed E-state index contributed by atoms with van der Waals surface area (Å²) in [6.45, 7) is 13.6. The summed E-state index contributed by atoms with van der Waals surface area (Å²) in [6, 6.07) is 14.3. The first-order valence-electron chi connectivity index (χ1n) is 10.7. The maximum absolute atomic E-state index is 12.7. The van der Waals surface area contributed by atoms with Crippen molar-refractivity contribution >= 4 is 17.3 Å². The highest BCUT2D eigenvalue weighted by atomic mass is 16.1. The predicted octanol–water partition coefficient (Wildman–Crippen LogP) is 3.84. The van der Waals surface area contributed by atoms with Gasteiger partial charge in [0.1, 0.15) is 0 Å². The Bertz CT molecular complexity index is 806. The lowest BCUT2D eigenvalue weighted by Gasteiger charge is -2.34. The number of piperazine rings is 1. The van der Waals surface area contributed by atoms with E-state index in [1.165, 1.54) is 11.3 Å². The van der Waals surface area contributed by atoms with Gasteiger partial charge >= 0.3 is 0 Å². The van der Waals surface area contributed by atoms with Gasteiger partial charge in [-0.2, -0.15) is 0 Å². The second kappa shape index (κ2) is 9.90. The first-order valence-corrected chi connectivity index (χ1v) is 10.7. The molecular weight excluding hydrogens is 360 g/mol. The van der Waals surface area contributed by atoms with E-state index >= 15 is 0 Å². The lowest BCUT2D eigenvalue weighted by atomic mass is 10.1. The molecule has 0 aromatic heterocycles. The fourth-order valence-electron chi connectivity index (χ4n) is 3.71.